The van der Waals surface area contributed by atoms with Crippen LogP contribution in [-0.2, 0) is 20.9 Å². The lowest BCUT2D eigenvalue weighted by atomic mass is 9.68. The molecular formula is C23H32N2O2S. The molecule has 3 rings (SSSR count). The second-order valence-electron chi connectivity index (χ2n) is 8.15. The Kier molecular flexibility index (Phi) is 6.58. The predicted octanol–water partition coefficient (Wildman–Crippen LogP) is 4.24. The summed E-state index contributed by atoms with van der Waals surface area (Å²) in [6, 6.07) is 8.55. The molecule has 0 saturated heterocycles. The summed E-state index contributed by atoms with van der Waals surface area (Å²) < 4.78 is 19.2. The Morgan fingerprint density at radius 3 is 2.46 bits per heavy atom. The third-order valence-corrected chi connectivity index (χ3v) is 7.11. The maximum absolute atomic E-state index is 12.9. The third-order valence-electron chi connectivity index (χ3n) is 5.98. The van der Waals surface area contributed by atoms with Crippen LogP contribution in [0.2, 0.25) is 0 Å². The fraction of sp³-hybridized carbons (Fsp3) is 0.478. The molecule has 0 amide bonds. The molecule has 5 heteroatoms. The van der Waals surface area contributed by atoms with Gasteiger partial charge < -0.3 is 9.80 Å². The summed E-state index contributed by atoms with van der Waals surface area (Å²) in [5, 5.41) is 0. The van der Waals surface area contributed by atoms with Crippen LogP contribution in [0.1, 0.15) is 31.2 Å². The van der Waals surface area contributed by atoms with Crippen molar-refractivity contribution in [3.05, 3.63) is 66.4 Å². The first-order valence-corrected chi connectivity index (χ1v) is 11.0. The highest BCUT2D eigenvalue weighted by molar-refractivity contribution is 7.80. The topological polar surface area (TPSA) is 32.8 Å². The monoisotopic (exact) mass is 400 g/mol. The van der Waals surface area contributed by atoms with Gasteiger partial charge in [-0.15, -0.1) is 0 Å². The van der Waals surface area contributed by atoms with Crippen LogP contribution < -0.4 is 0 Å². The van der Waals surface area contributed by atoms with Crippen LogP contribution in [0.4, 0.5) is 0 Å². The fourth-order valence-electron chi connectivity index (χ4n) is 4.52. The summed E-state index contributed by atoms with van der Waals surface area (Å²) >= 11 is -1.46. The first-order chi connectivity index (χ1) is 13.4. The van der Waals surface area contributed by atoms with Crippen molar-refractivity contribution >= 4 is 11.1 Å². The van der Waals surface area contributed by atoms with Crippen LogP contribution in [0.25, 0.3) is 0 Å². The molecule has 152 valence electrons. The van der Waals surface area contributed by atoms with Gasteiger partial charge in [0.05, 0.1) is 4.90 Å². The minimum absolute atomic E-state index is 0.272. The molecule has 0 N–H and O–H groups in total. The van der Waals surface area contributed by atoms with E-state index in [9.17, 15) is 4.21 Å². The van der Waals surface area contributed by atoms with Crippen LogP contribution in [0.3, 0.4) is 0 Å². The Balaban J connectivity index is 2.06. The van der Waals surface area contributed by atoms with Gasteiger partial charge in [0.15, 0.2) is 11.1 Å². The predicted molar refractivity (Wildman–Crippen MR) is 116 cm³/mol. The quantitative estimate of drug-likeness (QED) is 0.669. The molecule has 1 aliphatic carbocycles. The normalized spacial score (nSPS) is 30.6. The molecule has 0 bridgehead atoms. The van der Waals surface area contributed by atoms with Crippen molar-refractivity contribution in [3.63, 3.8) is 0 Å². The molecule has 2 aliphatic rings. The number of nitrogens with zero attached hydrogens (tertiary/aromatic N) is 2. The summed E-state index contributed by atoms with van der Waals surface area (Å²) in [4.78, 5) is 5.10. The fourth-order valence-corrected chi connectivity index (χ4v) is 5.76. The zero-order valence-corrected chi connectivity index (χ0v) is 18.2. The second-order valence-corrected chi connectivity index (χ2v) is 9.23. The molecule has 0 spiro atoms. The SMILES string of the molecule is C=C/C(=C\C=C\N(C)C)C1(C2CCC(N(C)C)CC2)OS(=O)c2ccccc21. The number of rotatable bonds is 6. The Morgan fingerprint density at radius 2 is 1.86 bits per heavy atom. The molecule has 28 heavy (non-hydrogen) atoms. The molecule has 1 heterocycles. The van der Waals surface area contributed by atoms with Crippen molar-refractivity contribution < 1.29 is 8.39 Å². The van der Waals surface area contributed by atoms with Crippen molar-refractivity contribution in [2.75, 3.05) is 28.2 Å². The van der Waals surface area contributed by atoms with Crippen LogP contribution in [0.15, 0.2) is 65.7 Å². The minimum Gasteiger partial charge on any atom is -0.383 e. The van der Waals surface area contributed by atoms with Gasteiger partial charge in [0.25, 0.3) is 0 Å². The molecule has 1 saturated carbocycles. The van der Waals surface area contributed by atoms with E-state index in [-0.39, 0.29) is 5.92 Å². The van der Waals surface area contributed by atoms with Crippen LogP contribution in [0.5, 0.6) is 0 Å². The summed E-state index contributed by atoms with van der Waals surface area (Å²) in [5.41, 5.74) is 1.32. The molecule has 1 aliphatic heterocycles. The number of hydrogen-bond acceptors (Lipinski definition) is 4. The first-order valence-electron chi connectivity index (χ1n) is 9.95. The lowest BCUT2D eigenvalue weighted by Crippen LogP contribution is -2.42. The largest absolute Gasteiger partial charge is 0.383 e. The van der Waals surface area contributed by atoms with E-state index in [1.54, 1.807) is 0 Å². The summed E-state index contributed by atoms with van der Waals surface area (Å²) in [6.45, 7) is 4.08. The van der Waals surface area contributed by atoms with Crippen molar-refractivity contribution in [2.45, 2.75) is 42.2 Å². The summed E-state index contributed by atoms with van der Waals surface area (Å²) in [6.07, 6.45) is 12.3. The summed E-state index contributed by atoms with van der Waals surface area (Å²) in [7, 11) is 8.29. The summed E-state index contributed by atoms with van der Waals surface area (Å²) in [5.74, 6) is 0.272. The molecule has 1 aromatic carbocycles. The van der Waals surface area contributed by atoms with E-state index >= 15 is 0 Å². The molecule has 2 atom stereocenters. The number of fused-ring (bicyclic) bond motifs is 1. The standard InChI is InChI=1S/C23H32N2O2S/c1-6-18(10-9-17-24(2)3)23(19-13-15-20(16-14-19)25(4)5)21-11-7-8-12-22(21)28(26)27-23/h6-12,17,19-20H,1,13-16H2,2-5H3/b17-9+,18-10+. The molecule has 1 aromatic rings. The highest BCUT2D eigenvalue weighted by atomic mass is 32.2. The number of hydrogen-bond donors (Lipinski definition) is 0. The Morgan fingerprint density at radius 1 is 1.18 bits per heavy atom. The molecule has 1 fully saturated rings. The van der Waals surface area contributed by atoms with Crippen LogP contribution in [0, 0.1) is 5.92 Å². The van der Waals surface area contributed by atoms with Crippen molar-refractivity contribution in [2.24, 2.45) is 5.92 Å². The van der Waals surface area contributed by atoms with Gasteiger partial charge in [0.2, 0.25) is 0 Å². The zero-order valence-electron chi connectivity index (χ0n) is 17.4. The first kappa shape index (κ1) is 21.0. The second kappa shape index (κ2) is 8.76. The number of allylic oxidation sites excluding steroid dienone is 2. The van der Waals surface area contributed by atoms with Crippen LogP contribution in [-0.4, -0.2) is 48.2 Å². The van der Waals surface area contributed by atoms with Gasteiger partial charge in [-0.2, -0.15) is 0 Å². The van der Waals surface area contributed by atoms with Gasteiger partial charge in [-0.05, 0) is 69.6 Å². The van der Waals surface area contributed by atoms with Crippen molar-refractivity contribution in [1.82, 2.24) is 9.80 Å². The lowest BCUT2D eigenvalue weighted by Gasteiger charge is -2.42. The highest BCUT2D eigenvalue weighted by Crippen LogP contribution is 2.53. The minimum atomic E-state index is -1.46. The third kappa shape index (κ3) is 3.88. The van der Waals surface area contributed by atoms with E-state index in [0.717, 1.165) is 41.7 Å². The Hall–Kier alpha value is -1.69. The molecule has 0 radical (unpaired) electrons. The molecule has 4 nitrogen and oxygen atoms in total. The zero-order chi connectivity index (χ0) is 20.3. The van der Waals surface area contributed by atoms with E-state index in [1.807, 2.05) is 55.5 Å². The van der Waals surface area contributed by atoms with Crippen molar-refractivity contribution in [1.29, 1.82) is 0 Å². The molecular weight excluding hydrogens is 368 g/mol. The lowest BCUT2D eigenvalue weighted by molar-refractivity contribution is 0.0308. The smallest absolute Gasteiger partial charge is 0.190 e. The van der Waals surface area contributed by atoms with E-state index in [1.165, 1.54) is 0 Å². The Labute approximate surface area is 172 Å². The van der Waals surface area contributed by atoms with Gasteiger partial charge in [-0.1, -0.05) is 36.9 Å². The Bertz CT molecular complexity index is 792. The average molecular weight is 401 g/mol. The van der Waals surface area contributed by atoms with Gasteiger partial charge in [0.1, 0.15) is 5.60 Å². The molecule has 0 aromatic heterocycles. The maximum Gasteiger partial charge on any atom is 0.190 e. The van der Waals surface area contributed by atoms with Gasteiger partial charge >= 0.3 is 0 Å². The molecule has 2 unspecified atom stereocenters. The number of benzene rings is 1. The van der Waals surface area contributed by atoms with Crippen LogP contribution >= 0.6 is 0 Å². The van der Waals surface area contributed by atoms with Gasteiger partial charge in [-0.25, -0.2) is 4.21 Å². The van der Waals surface area contributed by atoms with Gasteiger partial charge in [-0.3, -0.25) is 4.18 Å². The van der Waals surface area contributed by atoms with E-state index in [4.69, 9.17) is 4.18 Å². The van der Waals surface area contributed by atoms with Gasteiger partial charge in [0, 0.05) is 25.7 Å². The van der Waals surface area contributed by atoms with E-state index in [2.05, 4.69) is 37.7 Å². The van der Waals surface area contributed by atoms with Crippen molar-refractivity contribution in [3.8, 4) is 0 Å². The average Bonchev–Trinajstić information content (AvgIpc) is 2.99. The maximum atomic E-state index is 12.9. The van der Waals surface area contributed by atoms with E-state index in [0.29, 0.717) is 6.04 Å². The van der Waals surface area contributed by atoms with E-state index < -0.39 is 16.7 Å². The highest BCUT2D eigenvalue weighted by Gasteiger charge is 2.52.